The van der Waals surface area contributed by atoms with E-state index in [4.69, 9.17) is 4.74 Å². The molecule has 0 unspecified atom stereocenters. The van der Waals surface area contributed by atoms with Crippen molar-refractivity contribution in [2.24, 2.45) is 0 Å². The average molecular weight is 361 g/mol. The lowest BCUT2D eigenvalue weighted by atomic mass is 9.97. The first-order chi connectivity index (χ1) is 12.6. The molecule has 2 aliphatic heterocycles. The Balaban J connectivity index is 1.55. The molecule has 2 atom stereocenters. The number of para-hydroxylation sites is 2. The topological polar surface area (TPSA) is 37.2 Å². The van der Waals surface area contributed by atoms with E-state index in [0.717, 1.165) is 44.8 Å². The third-order valence-corrected chi connectivity index (χ3v) is 5.86. The quantitative estimate of drug-likeness (QED) is 0.866. The van der Waals surface area contributed by atoms with Gasteiger partial charge in [-0.15, -0.1) is 0 Å². The molecule has 2 fully saturated rings. The van der Waals surface area contributed by atoms with Crippen LogP contribution in [-0.4, -0.2) is 62.2 Å². The SMILES string of the molecule is CCOc1ccccc1N1CC[NH+](CC(=O)N2[C@H](C)CCC[C@H]2C)CC1. The summed E-state index contributed by atoms with van der Waals surface area (Å²) in [6.45, 7) is 11.7. The van der Waals surface area contributed by atoms with E-state index in [9.17, 15) is 4.79 Å². The van der Waals surface area contributed by atoms with Crippen molar-refractivity contribution in [1.29, 1.82) is 0 Å². The molecule has 2 aliphatic rings. The van der Waals surface area contributed by atoms with Crippen molar-refractivity contribution < 1.29 is 14.4 Å². The predicted octanol–water partition coefficient (Wildman–Crippen LogP) is 1.58. The van der Waals surface area contributed by atoms with Crippen molar-refractivity contribution in [3.05, 3.63) is 24.3 Å². The van der Waals surface area contributed by atoms with Crippen LogP contribution >= 0.6 is 0 Å². The van der Waals surface area contributed by atoms with Crippen molar-refractivity contribution in [3.8, 4) is 5.75 Å². The highest BCUT2D eigenvalue weighted by Crippen LogP contribution is 2.28. The van der Waals surface area contributed by atoms with Crippen LogP contribution in [0.25, 0.3) is 0 Å². The summed E-state index contributed by atoms with van der Waals surface area (Å²) < 4.78 is 5.78. The second kappa shape index (κ2) is 8.76. The number of piperazine rings is 1. The molecule has 5 nitrogen and oxygen atoms in total. The van der Waals surface area contributed by atoms with Gasteiger partial charge in [0, 0.05) is 12.1 Å². The number of benzene rings is 1. The molecule has 0 bridgehead atoms. The fourth-order valence-corrected chi connectivity index (χ4v) is 4.45. The Morgan fingerprint density at radius 1 is 1.15 bits per heavy atom. The fourth-order valence-electron chi connectivity index (χ4n) is 4.45. The average Bonchev–Trinajstić information content (AvgIpc) is 2.63. The standard InChI is InChI=1S/C21H33N3O2/c1-4-26-20-11-6-5-10-19(20)23-14-12-22(13-15-23)16-21(25)24-17(2)8-7-9-18(24)3/h5-6,10-11,17-18H,4,7-9,12-16H2,1-3H3/p+1/t17-,18-/m1/s1. The van der Waals surface area contributed by atoms with Crippen LogP contribution in [0.1, 0.15) is 40.0 Å². The van der Waals surface area contributed by atoms with Crippen molar-refractivity contribution in [3.63, 3.8) is 0 Å². The van der Waals surface area contributed by atoms with Gasteiger partial charge in [0.2, 0.25) is 0 Å². The predicted molar refractivity (Wildman–Crippen MR) is 105 cm³/mol. The van der Waals surface area contributed by atoms with Gasteiger partial charge in [0.1, 0.15) is 5.75 Å². The first kappa shape index (κ1) is 19.0. The third-order valence-electron chi connectivity index (χ3n) is 5.86. The van der Waals surface area contributed by atoms with Crippen LogP contribution in [0, 0.1) is 0 Å². The lowest BCUT2D eigenvalue weighted by Gasteiger charge is -2.40. The summed E-state index contributed by atoms with van der Waals surface area (Å²) in [6.07, 6.45) is 3.54. The van der Waals surface area contributed by atoms with E-state index in [1.54, 1.807) is 0 Å². The zero-order valence-corrected chi connectivity index (χ0v) is 16.5. The van der Waals surface area contributed by atoms with Gasteiger partial charge in [-0.2, -0.15) is 0 Å². The molecular formula is C21H34N3O2+. The molecule has 0 spiro atoms. The summed E-state index contributed by atoms with van der Waals surface area (Å²) >= 11 is 0. The number of amides is 1. The summed E-state index contributed by atoms with van der Waals surface area (Å²) in [5.41, 5.74) is 1.18. The zero-order chi connectivity index (χ0) is 18.5. The van der Waals surface area contributed by atoms with E-state index in [2.05, 4.69) is 35.8 Å². The van der Waals surface area contributed by atoms with Gasteiger partial charge in [-0.3, -0.25) is 4.79 Å². The molecule has 2 heterocycles. The minimum Gasteiger partial charge on any atom is -0.492 e. The van der Waals surface area contributed by atoms with Gasteiger partial charge >= 0.3 is 0 Å². The molecule has 0 aliphatic carbocycles. The molecule has 0 saturated carbocycles. The number of piperidine rings is 1. The van der Waals surface area contributed by atoms with Crippen molar-refractivity contribution in [2.75, 3.05) is 44.2 Å². The number of ether oxygens (including phenoxy) is 1. The third kappa shape index (κ3) is 4.32. The Bertz CT molecular complexity index is 589. The van der Waals surface area contributed by atoms with Crippen LogP contribution in [-0.2, 0) is 4.79 Å². The molecule has 5 heteroatoms. The fraction of sp³-hybridized carbons (Fsp3) is 0.667. The molecule has 3 rings (SSSR count). The van der Waals surface area contributed by atoms with E-state index in [-0.39, 0.29) is 0 Å². The summed E-state index contributed by atoms with van der Waals surface area (Å²) in [5, 5.41) is 0. The molecule has 1 N–H and O–H groups in total. The molecule has 1 aromatic rings. The van der Waals surface area contributed by atoms with Crippen molar-refractivity contribution >= 4 is 11.6 Å². The summed E-state index contributed by atoms with van der Waals surface area (Å²) in [6, 6.07) is 9.06. The van der Waals surface area contributed by atoms with Gasteiger partial charge < -0.3 is 19.4 Å². The number of nitrogens with zero attached hydrogens (tertiary/aromatic N) is 2. The highest BCUT2D eigenvalue weighted by molar-refractivity contribution is 5.78. The maximum absolute atomic E-state index is 12.8. The molecular weight excluding hydrogens is 326 g/mol. The van der Waals surface area contributed by atoms with Gasteiger partial charge in [-0.1, -0.05) is 12.1 Å². The van der Waals surface area contributed by atoms with Crippen LogP contribution in [0.15, 0.2) is 24.3 Å². The Labute approximate surface area is 157 Å². The largest absolute Gasteiger partial charge is 0.492 e. The van der Waals surface area contributed by atoms with E-state index in [0.29, 0.717) is 31.1 Å². The molecule has 2 saturated heterocycles. The summed E-state index contributed by atoms with van der Waals surface area (Å²) in [5.74, 6) is 1.30. The highest BCUT2D eigenvalue weighted by atomic mass is 16.5. The molecule has 0 radical (unpaired) electrons. The number of likely N-dealkylation sites (tertiary alicyclic amines) is 1. The van der Waals surface area contributed by atoms with Gasteiger partial charge in [-0.05, 0) is 52.2 Å². The van der Waals surface area contributed by atoms with Crippen LogP contribution in [0.3, 0.4) is 0 Å². The molecule has 26 heavy (non-hydrogen) atoms. The molecule has 0 aromatic heterocycles. The number of quaternary nitrogens is 1. The van der Waals surface area contributed by atoms with Crippen LogP contribution < -0.4 is 14.5 Å². The maximum atomic E-state index is 12.8. The lowest BCUT2D eigenvalue weighted by molar-refractivity contribution is -0.892. The highest BCUT2D eigenvalue weighted by Gasteiger charge is 2.32. The van der Waals surface area contributed by atoms with E-state index < -0.39 is 0 Å². The molecule has 1 aromatic carbocycles. The molecule has 144 valence electrons. The number of rotatable bonds is 5. The lowest BCUT2D eigenvalue weighted by Crippen LogP contribution is -3.16. The van der Waals surface area contributed by atoms with E-state index >= 15 is 0 Å². The second-order valence-electron chi connectivity index (χ2n) is 7.74. The molecule has 1 amide bonds. The minimum absolute atomic E-state index is 0.336. The number of hydrogen-bond acceptors (Lipinski definition) is 3. The Morgan fingerprint density at radius 3 is 2.46 bits per heavy atom. The Kier molecular flexibility index (Phi) is 6.41. The van der Waals surface area contributed by atoms with Gasteiger partial charge in [0.25, 0.3) is 5.91 Å². The normalized spacial score (nSPS) is 24.6. The number of hydrogen-bond donors (Lipinski definition) is 1. The Morgan fingerprint density at radius 2 is 1.81 bits per heavy atom. The smallest absolute Gasteiger partial charge is 0.278 e. The minimum atomic E-state index is 0.336. The van der Waals surface area contributed by atoms with E-state index in [1.807, 2.05) is 19.1 Å². The van der Waals surface area contributed by atoms with Gasteiger partial charge in [0.15, 0.2) is 6.54 Å². The van der Waals surface area contributed by atoms with Gasteiger partial charge in [-0.25, -0.2) is 0 Å². The number of carbonyl (C=O) groups is 1. The maximum Gasteiger partial charge on any atom is 0.278 e. The first-order valence-corrected chi connectivity index (χ1v) is 10.2. The second-order valence-corrected chi connectivity index (χ2v) is 7.74. The number of carbonyl (C=O) groups excluding carboxylic acids is 1. The Hall–Kier alpha value is -1.75. The summed E-state index contributed by atoms with van der Waals surface area (Å²) in [7, 11) is 0. The zero-order valence-electron chi connectivity index (χ0n) is 16.5. The van der Waals surface area contributed by atoms with Crippen LogP contribution in [0.4, 0.5) is 5.69 Å². The van der Waals surface area contributed by atoms with Crippen LogP contribution in [0.5, 0.6) is 5.75 Å². The van der Waals surface area contributed by atoms with Crippen molar-refractivity contribution in [2.45, 2.75) is 52.1 Å². The van der Waals surface area contributed by atoms with Crippen LogP contribution in [0.2, 0.25) is 0 Å². The first-order valence-electron chi connectivity index (χ1n) is 10.2. The van der Waals surface area contributed by atoms with Gasteiger partial charge in [0.05, 0.1) is 38.5 Å². The van der Waals surface area contributed by atoms with Crippen molar-refractivity contribution in [1.82, 2.24) is 4.90 Å². The number of anilines is 1. The number of nitrogens with one attached hydrogen (secondary N) is 1. The summed E-state index contributed by atoms with van der Waals surface area (Å²) in [4.78, 5) is 18.8. The van der Waals surface area contributed by atoms with E-state index in [1.165, 1.54) is 17.0 Å². The monoisotopic (exact) mass is 360 g/mol.